The Bertz CT molecular complexity index is 818. The fraction of sp³-hybridized carbons (Fsp3) is 0.474. The van der Waals surface area contributed by atoms with Gasteiger partial charge in [-0.2, -0.15) is 0 Å². The minimum atomic E-state index is -0.237. The Hall–Kier alpha value is -2.54. The van der Waals surface area contributed by atoms with Crippen molar-refractivity contribution in [3.05, 3.63) is 35.8 Å². The molecule has 4 rings (SSSR count). The van der Waals surface area contributed by atoms with E-state index in [1.54, 1.807) is 6.20 Å². The van der Waals surface area contributed by atoms with Crippen LogP contribution >= 0.6 is 0 Å². The van der Waals surface area contributed by atoms with Crippen LogP contribution in [0.1, 0.15) is 24.2 Å². The first-order chi connectivity index (χ1) is 12.5. The van der Waals surface area contributed by atoms with E-state index in [-0.39, 0.29) is 18.1 Å². The second-order valence-corrected chi connectivity index (χ2v) is 7.06. The number of morpholine rings is 1. The normalized spacial score (nSPS) is 19.5. The molecule has 0 aromatic carbocycles. The molecule has 2 aliphatic heterocycles. The van der Waals surface area contributed by atoms with Gasteiger partial charge in [-0.05, 0) is 44.9 Å². The molecule has 2 aromatic rings. The number of ether oxygens (including phenoxy) is 1. The fourth-order valence-electron chi connectivity index (χ4n) is 3.62. The molecule has 2 aliphatic rings. The van der Waals surface area contributed by atoms with Crippen molar-refractivity contribution in [2.45, 2.75) is 32.3 Å². The van der Waals surface area contributed by atoms with Crippen LogP contribution in [0, 0.1) is 13.8 Å². The molecule has 0 saturated carbocycles. The molecule has 1 N–H and O–H groups in total. The molecule has 0 radical (unpaired) electrons. The second kappa shape index (κ2) is 6.64. The van der Waals surface area contributed by atoms with Gasteiger partial charge in [-0.15, -0.1) is 0 Å². The van der Waals surface area contributed by atoms with Crippen LogP contribution in [0.25, 0.3) is 11.3 Å². The maximum Gasteiger partial charge on any atom is 0.246 e. The lowest BCUT2D eigenvalue weighted by atomic mass is 9.90. The van der Waals surface area contributed by atoms with Crippen molar-refractivity contribution in [1.82, 2.24) is 20.3 Å². The number of aromatic nitrogens is 3. The van der Waals surface area contributed by atoms with E-state index >= 15 is 0 Å². The molecular weight excluding hydrogens is 330 g/mol. The molecule has 1 amide bonds. The number of rotatable bonds is 2. The van der Waals surface area contributed by atoms with E-state index in [0.717, 1.165) is 54.5 Å². The Kier molecular flexibility index (Phi) is 4.32. The maximum atomic E-state index is 11.3. The number of piperidine rings is 1. The monoisotopic (exact) mass is 353 g/mol. The van der Waals surface area contributed by atoms with Gasteiger partial charge in [0.1, 0.15) is 6.61 Å². The smallest absolute Gasteiger partial charge is 0.246 e. The predicted octanol–water partition coefficient (Wildman–Crippen LogP) is 1.64. The lowest BCUT2D eigenvalue weighted by Crippen LogP contribution is -2.57. The zero-order valence-corrected chi connectivity index (χ0v) is 15.2. The summed E-state index contributed by atoms with van der Waals surface area (Å²) < 4.78 is 5.84. The molecule has 1 spiro atoms. The molecule has 7 heteroatoms. The number of amides is 1. The molecule has 4 heterocycles. The van der Waals surface area contributed by atoms with Gasteiger partial charge >= 0.3 is 0 Å². The summed E-state index contributed by atoms with van der Waals surface area (Å²) in [6, 6.07) is 5.99. The summed E-state index contributed by atoms with van der Waals surface area (Å²) in [6.45, 7) is 6.36. The first kappa shape index (κ1) is 16.9. The number of aryl methyl sites for hydroxylation is 2. The maximum absolute atomic E-state index is 11.3. The fourth-order valence-corrected chi connectivity index (χ4v) is 3.62. The van der Waals surface area contributed by atoms with Crippen LogP contribution in [0.3, 0.4) is 0 Å². The van der Waals surface area contributed by atoms with E-state index in [4.69, 9.17) is 9.72 Å². The molecule has 2 saturated heterocycles. The number of hydrogen-bond donors (Lipinski definition) is 1. The van der Waals surface area contributed by atoms with Crippen molar-refractivity contribution >= 4 is 11.9 Å². The molecule has 26 heavy (non-hydrogen) atoms. The van der Waals surface area contributed by atoms with Crippen LogP contribution in [0.4, 0.5) is 5.95 Å². The SMILES string of the molecule is Cc1ccc(-c2ccnc(N3CCC4(CC3)CNC(=O)CO4)n2)c(C)n1. The van der Waals surface area contributed by atoms with Crippen LogP contribution in [-0.4, -0.2) is 52.7 Å². The lowest BCUT2D eigenvalue weighted by molar-refractivity contribution is -0.146. The number of anilines is 1. The summed E-state index contributed by atoms with van der Waals surface area (Å²) in [5.74, 6) is 0.702. The van der Waals surface area contributed by atoms with Crippen LogP contribution in [0.5, 0.6) is 0 Å². The number of carbonyl (C=O) groups is 1. The van der Waals surface area contributed by atoms with Gasteiger partial charge in [0, 0.05) is 42.8 Å². The largest absolute Gasteiger partial charge is 0.363 e. The lowest BCUT2D eigenvalue weighted by Gasteiger charge is -2.43. The van der Waals surface area contributed by atoms with Gasteiger partial charge in [0.15, 0.2) is 0 Å². The van der Waals surface area contributed by atoms with E-state index in [1.165, 1.54) is 0 Å². The molecular formula is C19H23N5O2. The zero-order valence-electron chi connectivity index (χ0n) is 15.2. The van der Waals surface area contributed by atoms with E-state index < -0.39 is 0 Å². The summed E-state index contributed by atoms with van der Waals surface area (Å²) in [7, 11) is 0. The van der Waals surface area contributed by atoms with Crippen LogP contribution in [-0.2, 0) is 9.53 Å². The summed E-state index contributed by atoms with van der Waals surface area (Å²) in [5, 5.41) is 2.92. The average molecular weight is 353 g/mol. The van der Waals surface area contributed by atoms with E-state index in [0.29, 0.717) is 6.54 Å². The molecule has 0 unspecified atom stereocenters. The highest BCUT2D eigenvalue weighted by Gasteiger charge is 2.39. The summed E-state index contributed by atoms with van der Waals surface area (Å²) >= 11 is 0. The minimum absolute atomic E-state index is 0.0313. The minimum Gasteiger partial charge on any atom is -0.363 e. The molecule has 2 fully saturated rings. The third-order valence-corrected chi connectivity index (χ3v) is 5.22. The van der Waals surface area contributed by atoms with Crippen molar-refractivity contribution in [2.75, 3.05) is 31.1 Å². The van der Waals surface area contributed by atoms with E-state index in [1.807, 2.05) is 26.0 Å². The van der Waals surface area contributed by atoms with Crippen LogP contribution < -0.4 is 10.2 Å². The highest BCUT2D eigenvalue weighted by atomic mass is 16.5. The quantitative estimate of drug-likeness (QED) is 0.884. The highest BCUT2D eigenvalue weighted by molar-refractivity contribution is 5.78. The van der Waals surface area contributed by atoms with Crippen molar-refractivity contribution in [1.29, 1.82) is 0 Å². The molecule has 0 aliphatic carbocycles. The second-order valence-electron chi connectivity index (χ2n) is 7.06. The Morgan fingerprint density at radius 1 is 1.15 bits per heavy atom. The van der Waals surface area contributed by atoms with E-state index in [9.17, 15) is 4.79 Å². The van der Waals surface area contributed by atoms with Gasteiger partial charge in [0.25, 0.3) is 0 Å². The number of pyridine rings is 1. The van der Waals surface area contributed by atoms with Crippen molar-refractivity contribution in [3.63, 3.8) is 0 Å². The van der Waals surface area contributed by atoms with Crippen molar-refractivity contribution in [2.24, 2.45) is 0 Å². The standard InChI is InChI=1S/C19H23N5O2/c1-13-3-4-15(14(2)22-13)16-5-8-20-18(23-16)24-9-6-19(7-10-24)12-21-17(25)11-26-19/h3-5,8H,6-7,9-12H2,1-2H3,(H,21,25). The first-order valence-electron chi connectivity index (χ1n) is 8.98. The summed E-state index contributed by atoms with van der Waals surface area (Å²) in [4.78, 5) is 27.3. The molecule has 136 valence electrons. The van der Waals surface area contributed by atoms with Gasteiger partial charge in [-0.3, -0.25) is 9.78 Å². The summed E-state index contributed by atoms with van der Waals surface area (Å²) in [5.41, 5.74) is 3.66. The number of carbonyl (C=O) groups excluding carboxylic acids is 1. The number of nitrogens with zero attached hydrogens (tertiary/aromatic N) is 4. The number of hydrogen-bond acceptors (Lipinski definition) is 6. The van der Waals surface area contributed by atoms with Crippen LogP contribution in [0.15, 0.2) is 24.4 Å². The van der Waals surface area contributed by atoms with Gasteiger partial charge < -0.3 is 15.0 Å². The Labute approximate surface area is 152 Å². The highest BCUT2D eigenvalue weighted by Crippen LogP contribution is 2.30. The first-order valence-corrected chi connectivity index (χ1v) is 8.98. The zero-order chi connectivity index (χ0) is 18.1. The Balaban J connectivity index is 1.50. The van der Waals surface area contributed by atoms with Gasteiger partial charge in [0.2, 0.25) is 11.9 Å². The van der Waals surface area contributed by atoms with Crippen molar-refractivity contribution < 1.29 is 9.53 Å². The summed E-state index contributed by atoms with van der Waals surface area (Å²) in [6.07, 6.45) is 3.51. The Morgan fingerprint density at radius 3 is 2.65 bits per heavy atom. The third kappa shape index (κ3) is 3.26. The predicted molar refractivity (Wildman–Crippen MR) is 97.9 cm³/mol. The van der Waals surface area contributed by atoms with Gasteiger partial charge in [-0.25, -0.2) is 9.97 Å². The average Bonchev–Trinajstić information content (AvgIpc) is 2.65. The van der Waals surface area contributed by atoms with Crippen molar-refractivity contribution in [3.8, 4) is 11.3 Å². The number of nitrogens with one attached hydrogen (secondary N) is 1. The Morgan fingerprint density at radius 2 is 1.96 bits per heavy atom. The topological polar surface area (TPSA) is 80.2 Å². The van der Waals surface area contributed by atoms with Gasteiger partial charge in [0.05, 0.1) is 11.3 Å². The molecule has 0 bridgehead atoms. The molecule has 0 atom stereocenters. The van der Waals surface area contributed by atoms with Crippen LogP contribution in [0.2, 0.25) is 0 Å². The van der Waals surface area contributed by atoms with Gasteiger partial charge in [-0.1, -0.05) is 0 Å². The molecule has 7 nitrogen and oxygen atoms in total. The molecule has 2 aromatic heterocycles. The third-order valence-electron chi connectivity index (χ3n) is 5.22. The van der Waals surface area contributed by atoms with E-state index in [2.05, 4.69) is 26.3 Å².